The van der Waals surface area contributed by atoms with Crippen molar-refractivity contribution >= 4 is 43.5 Å². The average molecular weight is 454 g/mol. The minimum Gasteiger partial charge on any atom is -0.455 e. The molecular formula is C31H23N3O. The molecule has 0 spiro atoms. The number of furan rings is 1. The second-order valence-electron chi connectivity index (χ2n) is 9.36. The van der Waals surface area contributed by atoms with Crippen LogP contribution in [0.3, 0.4) is 0 Å². The van der Waals surface area contributed by atoms with E-state index in [-0.39, 0.29) is 0 Å². The third-order valence-corrected chi connectivity index (χ3v) is 7.05. The summed E-state index contributed by atoms with van der Waals surface area (Å²) in [6, 6.07) is 23.8. The van der Waals surface area contributed by atoms with E-state index >= 15 is 0 Å². The molecule has 3 heterocycles. The summed E-state index contributed by atoms with van der Waals surface area (Å²) in [5.74, 6) is 0. The second-order valence-corrected chi connectivity index (χ2v) is 9.36. The van der Waals surface area contributed by atoms with E-state index in [1.165, 1.54) is 32.7 Å². The van der Waals surface area contributed by atoms with E-state index in [2.05, 4.69) is 86.9 Å². The lowest BCUT2D eigenvalue weighted by atomic mass is 9.99. The van der Waals surface area contributed by atoms with Gasteiger partial charge in [0.05, 0.1) is 18.4 Å². The van der Waals surface area contributed by atoms with Gasteiger partial charge in [0.15, 0.2) is 0 Å². The largest absolute Gasteiger partial charge is 0.455 e. The number of benzene rings is 4. The minimum atomic E-state index is 0.857. The van der Waals surface area contributed by atoms with Gasteiger partial charge in [0.25, 0.3) is 0 Å². The van der Waals surface area contributed by atoms with Crippen LogP contribution in [-0.2, 0) is 7.05 Å². The fraction of sp³-hybridized carbons (Fsp3) is 0.0968. The van der Waals surface area contributed by atoms with Gasteiger partial charge in [0.1, 0.15) is 11.2 Å². The normalized spacial score (nSPS) is 11.9. The predicted molar refractivity (Wildman–Crippen MR) is 141 cm³/mol. The van der Waals surface area contributed by atoms with Gasteiger partial charge in [-0.2, -0.15) is 0 Å². The maximum atomic E-state index is 6.60. The molecule has 0 aliphatic carbocycles. The van der Waals surface area contributed by atoms with E-state index in [0.717, 1.165) is 38.9 Å². The highest BCUT2D eigenvalue weighted by Gasteiger charge is 2.17. The molecule has 0 amide bonds. The lowest BCUT2D eigenvalue weighted by molar-refractivity contribution is -0.674. The van der Waals surface area contributed by atoms with Crippen LogP contribution in [-0.4, -0.2) is 9.55 Å². The standard InChI is InChI=1S/C31H23N3O/c1-19-12-29(32-17-20(19)2)28-15-23(34-11-10-33(3)18-34)14-27-26-13-22-9-8-21-6-4-5-7-24(21)25(22)16-30(26)35-31(27)28/h4-17H,1-3H3. The maximum Gasteiger partial charge on any atom is 0.243 e. The van der Waals surface area contributed by atoms with Crippen molar-refractivity contribution in [3.05, 3.63) is 103 Å². The molecule has 0 radical (unpaired) electrons. The van der Waals surface area contributed by atoms with Crippen LogP contribution in [0.25, 0.3) is 60.4 Å². The second kappa shape index (κ2) is 7.28. The average Bonchev–Trinajstić information content (AvgIpc) is 3.47. The molecule has 0 bridgehead atoms. The summed E-state index contributed by atoms with van der Waals surface area (Å²) in [5.41, 5.74) is 7.04. The van der Waals surface area contributed by atoms with E-state index in [0.29, 0.717) is 0 Å². The molecule has 35 heavy (non-hydrogen) atoms. The first-order valence-electron chi connectivity index (χ1n) is 11.8. The van der Waals surface area contributed by atoms with Crippen LogP contribution in [0.4, 0.5) is 0 Å². The van der Waals surface area contributed by atoms with Gasteiger partial charge in [-0.3, -0.25) is 4.98 Å². The lowest BCUT2D eigenvalue weighted by Crippen LogP contribution is -2.24. The van der Waals surface area contributed by atoms with Crippen molar-refractivity contribution in [1.82, 2.24) is 9.55 Å². The molecule has 168 valence electrons. The molecular weight excluding hydrogens is 430 g/mol. The zero-order valence-corrected chi connectivity index (χ0v) is 19.8. The molecule has 4 heteroatoms. The Labute approximate surface area is 202 Å². The molecule has 7 aromatic rings. The number of rotatable bonds is 2. The Morgan fingerprint density at radius 1 is 0.829 bits per heavy atom. The number of hydrogen-bond acceptors (Lipinski definition) is 2. The van der Waals surface area contributed by atoms with E-state index in [4.69, 9.17) is 9.40 Å². The SMILES string of the molecule is Cc1cnc(-c2cc(-n3[c-][n+](C)cc3)cc3c2oc2cc4c(ccc5ccccc54)cc23)cc1C. The molecule has 4 aromatic carbocycles. The molecule has 0 fully saturated rings. The van der Waals surface area contributed by atoms with Gasteiger partial charge in [0.2, 0.25) is 6.33 Å². The highest BCUT2D eigenvalue weighted by Crippen LogP contribution is 2.40. The van der Waals surface area contributed by atoms with Crippen LogP contribution in [0, 0.1) is 20.2 Å². The molecule has 0 saturated heterocycles. The first kappa shape index (κ1) is 20.0. The number of nitrogens with zero attached hydrogens (tertiary/aromatic N) is 3. The van der Waals surface area contributed by atoms with Crippen molar-refractivity contribution in [2.75, 3.05) is 0 Å². The van der Waals surface area contributed by atoms with Crippen LogP contribution in [0.1, 0.15) is 11.1 Å². The van der Waals surface area contributed by atoms with E-state index in [1.54, 1.807) is 0 Å². The highest BCUT2D eigenvalue weighted by molar-refractivity contribution is 6.17. The maximum absolute atomic E-state index is 6.60. The first-order valence-corrected chi connectivity index (χ1v) is 11.8. The first-order chi connectivity index (χ1) is 17.0. The summed E-state index contributed by atoms with van der Waals surface area (Å²) in [7, 11) is 1.98. The Morgan fingerprint density at radius 2 is 1.69 bits per heavy atom. The van der Waals surface area contributed by atoms with E-state index < -0.39 is 0 Å². The number of imidazole rings is 1. The summed E-state index contributed by atoms with van der Waals surface area (Å²) in [5, 5.41) is 7.05. The van der Waals surface area contributed by atoms with Crippen molar-refractivity contribution < 1.29 is 8.98 Å². The summed E-state index contributed by atoms with van der Waals surface area (Å²) < 4.78 is 10.5. The fourth-order valence-corrected chi connectivity index (χ4v) is 5.01. The van der Waals surface area contributed by atoms with Crippen LogP contribution < -0.4 is 4.57 Å². The van der Waals surface area contributed by atoms with Gasteiger partial charge in [-0.25, -0.2) is 0 Å². The summed E-state index contributed by atoms with van der Waals surface area (Å²) in [6.45, 7) is 4.21. The number of fused-ring (bicyclic) bond motifs is 6. The molecule has 0 N–H and O–H groups in total. The summed E-state index contributed by atoms with van der Waals surface area (Å²) >= 11 is 0. The Balaban J connectivity index is 1.59. The lowest BCUT2D eigenvalue weighted by Gasteiger charge is -2.09. The van der Waals surface area contributed by atoms with Crippen molar-refractivity contribution in [1.29, 1.82) is 0 Å². The van der Waals surface area contributed by atoms with Crippen molar-refractivity contribution in [3.8, 4) is 16.9 Å². The molecule has 4 nitrogen and oxygen atoms in total. The zero-order chi connectivity index (χ0) is 23.7. The minimum absolute atomic E-state index is 0.857. The van der Waals surface area contributed by atoms with E-state index in [9.17, 15) is 0 Å². The van der Waals surface area contributed by atoms with Crippen LogP contribution in [0.2, 0.25) is 0 Å². The van der Waals surface area contributed by atoms with Crippen molar-refractivity contribution in [2.24, 2.45) is 7.05 Å². The Bertz CT molecular complexity index is 1940. The smallest absolute Gasteiger partial charge is 0.243 e. The van der Waals surface area contributed by atoms with Gasteiger partial charge < -0.3 is 13.6 Å². The third-order valence-electron chi connectivity index (χ3n) is 7.05. The van der Waals surface area contributed by atoms with Crippen LogP contribution in [0.15, 0.2) is 89.7 Å². The third kappa shape index (κ3) is 3.07. The van der Waals surface area contributed by atoms with Gasteiger partial charge in [-0.1, -0.05) is 36.4 Å². The Morgan fingerprint density at radius 3 is 2.51 bits per heavy atom. The predicted octanol–water partition coefficient (Wildman–Crippen LogP) is 6.99. The van der Waals surface area contributed by atoms with E-state index in [1.807, 2.05) is 34.8 Å². The number of hydrogen-bond donors (Lipinski definition) is 0. The number of pyridine rings is 1. The topological polar surface area (TPSA) is 34.8 Å². The van der Waals surface area contributed by atoms with Gasteiger partial charge >= 0.3 is 0 Å². The molecule has 7 rings (SSSR count). The molecule has 0 saturated carbocycles. The van der Waals surface area contributed by atoms with Crippen LogP contribution >= 0.6 is 0 Å². The number of aryl methyl sites for hydroxylation is 3. The highest BCUT2D eigenvalue weighted by atomic mass is 16.3. The molecule has 0 atom stereocenters. The van der Waals surface area contributed by atoms with Crippen molar-refractivity contribution in [3.63, 3.8) is 0 Å². The Hall–Kier alpha value is -4.44. The van der Waals surface area contributed by atoms with Gasteiger partial charge in [-0.15, -0.1) is 0 Å². The summed E-state index contributed by atoms with van der Waals surface area (Å²) in [6.07, 6.45) is 9.27. The fourth-order valence-electron chi connectivity index (χ4n) is 5.01. The quantitative estimate of drug-likeness (QED) is 0.161. The number of aromatic nitrogens is 3. The monoisotopic (exact) mass is 453 g/mol. The van der Waals surface area contributed by atoms with Crippen molar-refractivity contribution in [2.45, 2.75) is 13.8 Å². The molecule has 0 unspecified atom stereocenters. The van der Waals surface area contributed by atoms with Gasteiger partial charge in [0, 0.05) is 34.9 Å². The molecule has 0 aliphatic heterocycles. The zero-order valence-electron chi connectivity index (χ0n) is 19.8. The molecule has 0 aliphatic rings. The Kier molecular flexibility index (Phi) is 4.15. The summed E-state index contributed by atoms with van der Waals surface area (Å²) in [4.78, 5) is 4.78. The van der Waals surface area contributed by atoms with Crippen LogP contribution in [0.5, 0.6) is 0 Å². The van der Waals surface area contributed by atoms with Gasteiger partial charge in [-0.05, 0) is 76.9 Å². The molecule has 3 aromatic heterocycles.